The topological polar surface area (TPSA) is 29.5 Å². The molecular formula is C18H29NO2. The molecule has 0 aliphatic carbocycles. The first-order chi connectivity index (χ1) is 10.0. The van der Waals surface area contributed by atoms with E-state index >= 15 is 0 Å². The van der Waals surface area contributed by atoms with Crippen LogP contribution in [-0.2, 0) is 9.53 Å². The van der Waals surface area contributed by atoms with Gasteiger partial charge in [0.25, 0.3) is 0 Å². The maximum atomic E-state index is 11.9. The first-order valence-corrected chi connectivity index (χ1v) is 8.02. The van der Waals surface area contributed by atoms with Gasteiger partial charge in [-0.05, 0) is 37.1 Å². The molecule has 1 aromatic carbocycles. The van der Waals surface area contributed by atoms with Gasteiger partial charge in [0.15, 0.2) is 0 Å². The van der Waals surface area contributed by atoms with Crippen molar-refractivity contribution in [3.63, 3.8) is 0 Å². The van der Waals surface area contributed by atoms with E-state index in [0.29, 0.717) is 18.9 Å². The summed E-state index contributed by atoms with van der Waals surface area (Å²) < 4.78 is 5.13. The maximum absolute atomic E-state index is 11.9. The molecule has 0 aliphatic heterocycles. The zero-order valence-corrected chi connectivity index (χ0v) is 14.1. The average Bonchev–Trinajstić information content (AvgIpc) is 2.47. The summed E-state index contributed by atoms with van der Waals surface area (Å²) in [5, 5.41) is 0. The number of hydrogen-bond acceptors (Lipinski definition) is 3. The smallest absolute Gasteiger partial charge is 0.307 e. The van der Waals surface area contributed by atoms with E-state index in [4.69, 9.17) is 4.74 Å². The SMILES string of the molecule is CCOC(=O)CC(c1ccc(C(C)C)cc1)N(CC)CC. The number of carbonyl (C=O) groups excluding carboxylic acids is 1. The van der Waals surface area contributed by atoms with Gasteiger partial charge in [-0.15, -0.1) is 0 Å². The monoisotopic (exact) mass is 291 g/mol. The minimum absolute atomic E-state index is 0.0975. The van der Waals surface area contributed by atoms with Gasteiger partial charge in [0, 0.05) is 6.04 Å². The zero-order chi connectivity index (χ0) is 15.8. The number of carbonyl (C=O) groups is 1. The minimum Gasteiger partial charge on any atom is -0.466 e. The standard InChI is InChI=1S/C18H29NO2/c1-6-19(7-2)17(13-18(20)21-8-3)16-11-9-15(10-12-16)14(4)5/h9-12,14,17H,6-8,13H2,1-5H3. The minimum atomic E-state index is -0.123. The van der Waals surface area contributed by atoms with Gasteiger partial charge in [-0.2, -0.15) is 0 Å². The quantitative estimate of drug-likeness (QED) is 0.674. The lowest BCUT2D eigenvalue weighted by Crippen LogP contribution is -2.30. The molecule has 0 amide bonds. The molecule has 0 aliphatic rings. The molecule has 1 aromatic rings. The summed E-state index contributed by atoms with van der Waals surface area (Å²) in [5.74, 6) is 0.401. The highest BCUT2D eigenvalue weighted by molar-refractivity contribution is 5.70. The highest BCUT2D eigenvalue weighted by Gasteiger charge is 2.22. The van der Waals surface area contributed by atoms with Crippen LogP contribution in [0.2, 0.25) is 0 Å². The Morgan fingerprint density at radius 2 is 1.57 bits per heavy atom. The van der Waals surface area contributed by atoms with E-state index in [1.165, 1.54) is 11.1 Å². The van der Waals surface area contributed by atoms with E-state index in [-0.39, 0.29) is 12.0 Å². The molecule has 1 rings (SSSR count). The summed E-state index contributed by atoms with van der Waals surface area (Å²) in [7, 11) is 0. The van der Waals surface area contributed by atoms with Gasteiger partial charge >= 0.3 is 5.97 Å². The van der Waals surface area contributed by atoms with Crippen LogP contribution in [-0.4, -0.2) is 30.6 Å². The van der Waals surface area contributed by atoms with Crippen LogP contribution in [0.1, 0.15) is 64.1 Å². The summed E-state index contributed by atoms with van der Waals surface area (Å²) >= 11 is 0. The van der Waals surface area contributed by atoms with Crippen LogP contribution < -0.4 is 0 Å². The van der Waals surface area contributed by atoms with Gasteiger partial charge in [0.05, 0.1) is 13.0 Å². The Kier molecular flexibility index (Phi) is 7.44. The van der Waals surface area contributed by atoms with Gasteiger partial charge in [0.1, 0.15) is 0 Å². The van der Waals surface area contributed by atoms with Crippen molar-refractivity contribution in [3.8, 4) is 0 Å². The van der Waals surface area contributed by atoms with Crippen molar-refractivity contribution in [3.05, 3.63) is 35.4 Å². The first-order valence-electron chi connectivity index (χ1n) is 8.02. The van der Waals surface area contributed by atoms with Crippen molar-refractivity contribution in [2.75, 3.05) is 19.7 Å². The van der Waals surface area contributed by atoms with Crippen LogP contribution >= 0.6 is 0 Å². The Morgan fingerprint density at radius 3 is 2.00 bits per heavy atom. The van der Waals surface area contributed by atoms with E-state index in [1.807, 2.05) is 6.92 Å². The fourth-order valence-corrected chi connectivity index (χ4v) is 2.60. The Hall–Kier alpha value is -1.35. The molecule has 0 saturated carbocycles. The third kappa shape index (κ3) is 5.16. The summed E-state index contributed by atoms with van der Waals surface area (Å²) in [6, 6.07) is 8.73. The Morgan fingerprint density at radius 1 is 1.05 bits per heavy atom. The molecule has 1 atom stereocenters. The predicted molar refractivity (Wildman–Crippen MR) is 87.4 cm³/mol. The summed E-state index contributed by atoms with van der Waals surface area (Å²) in [5.41, 5.74) is 2.52. The van der Waals surface area contributed by atoms with Gasteiger partial charge in [0.2, 0.25) is 0 Å². The fourth-order valence-electron chi connectivity index (χ4n) is 2.60. The summed E-state index contributed by atoms with van der Waals surface area (Å²) in [6.45, 7) is 12.8. The van der Waals surface area contributed by atoms with Gasteiger partial charge in [-0.3, -0.25) is 9.69 Å². The molecule has 0 heterocycles. The number of benzene rings is 1. The van der Waals surface area contributed by atoms with E-state index in [2.05, 4.69) is 56.9 Å². The Labute approximate surface area is 129 Å². The molecule has 0 N–H and O–H groups in total. The Balaban J connectivity index is 2.96. The van der Waals surface area contributed by atoms with Crippen LogP contribution in [0.4, 0.5) is 0 Å². The van der Waals surface area contributed by atoms with Gasteiger partial charge in [-0.25, -0.2) is 0 Å². The number of nitrogens with zero attached hydrogens (tertiary/aromatic N) is 1. The van der Waals surface area contributed by atoms with E-state index in [0.717, 1.165) is 13.1 Å². The molecular weight excluding hydrogens is 262 g/mol. The van der Waals surface area contributed by atoms with Crippen LogP contribution in [0.25, 0.3) is 0 Å². The highest BCUT2D eigenvalue weighted by atomic mass is 16.5. The largest absolute Gasteiger partial charge is 0.466 e. The molecule has 3 nitrogen and oxygen atoms in total. The first kappa shape index (κ1) is 17.7. The second-order valence-corrected chi connectivity index (χ2v) is 5.57. The molecule has 1 unspecified atom stereocenters. The van der Waals surface area contributed by atoms with E-state index in [9.17, 15) is 4.79 Å². The normalized spacial score (nSPS) is 12.7. The zero-order valence-electron chi connectivity index (χ0n) is 14.1. The Bertz CT molecular complexity index is 421. The average molecular weight is 291 g/mol. The summed E-state index contributed by atoms with van der Waals surface area (Å²) in [4.78, 5) is 14.2. The van der Waals surface area contributed by atoms with Crippen LogP contribution in [0, 0.1) is 0 Å². The van der Waals surface area contributed by atoms with Crippen molar-refractivity contribution in [1.29, 1.82) is 0 Å². The molecule has 0 radical (unpaired) electrons. The van der Waals surface area contributed by atoms with E-state index in [1.54, 1.807) is 0 Å². The molecule has 3 heteroatoms. The van der Waals surface area contributed by atoms with E-state index < -0.39 is 0 Å². The lowest BCUT2D eigenvalue weighted by atomic mass is 9.97. The molecule has 0 saturated heterocycles. The molecule has 0 bridgehead atoms. The van der Waals surface area contributed by atoms with Crippen LogP contribution in [0.3, 0.4) is 0 Å². The third-order valence-corrected chi connectivity index (χ3v) is 3.91. The van der Waals surface area contributed by atoms with Crippen molar-refractivity contribution >= 4 is 5.97 Å². The molecule has 0 fully saturated rings. The predicted octanol–water partition coefficient (Wildman–Crippen LogP) is 4.15. The van der Waals surface area contributed by atoms with Crippen LogP contribution in [0.5, 0.6) is 0 Å². The van der Waals surface area contributed by atoms with Crippen LogP contribution in [0.15, 0.2) is 24.3 Å². The lowest BCUT2D eigenvalue weighted by molar-refractivity contribution is -0.144. The van der Waals surface area contributed by atoms with Crippen molar-refractivity contribution in [2.24, 2.45) is 0 Å². The number of ether oxygens (including phenoxy) is 1. The third-order valence-electron chi connectivity index (χ3n) is 3.91. The lowest BCUT2D eigenvalue weighted by Gasteiger charge is -2.29. The van der Waals surface area contributed by atoms with Crippen molar-refractivity contribution in [1.82, 2.24) is 4.90 Å². The van der Waals surface area contributed by atoms with Crippen molar-refractivity contribution in [2.45, 2.75) is 53.0 Å². The second kappa shape index (κ2) is 8.83. The second-order valence-electron chi connectivity index (χ2n) is 5.57. The van der Waals surface area contributed by atoms with Gasteiger partial charge in [-0.1, -0.05) is 52.0 Å². The number of rotatable bonds is 8. The number of esters is 1. The fraction of sp³-hybridized carbons (Fsp3) is 0.611. The summed E-state index contributed by atoms with van der Waals surface area (Å²) in [6.07, 6.45) is 0.413. The molecule has 0 spiro atoms. The van der Waals surface area contributed by atoms with Gasteiger partial charge < -0.3 is 4.74 Å². The molecule has 21 heavy (non-hydrogen) atoms. The maximum Gasteiger partial charge on any atom is 0.307 e. The van der Waals surface area contributed by atoms with Crippen molar-refractivity contribution < 1.29 is 9.53 Å². The highest BCUT2D eigenvalue weighted by Crippen LogP contribution is 2.26. The molecule has 118 valence electrons. The number of hydrogen-bond donors (Lipinski definition) is 0. The molecule has 0 aromatic heterocycles.